The molecule has 1 aliphatic heterocycles. The predicted molar refractivity (Wildman–Crippen MR) is 108 cm³/mol. The maximum Gasteiger partial charge on any atom is 0.222 e. The average molecular weight is 399 g/mol. The molecule has 2 aliphatic rings. The number of hydrogen-bond acceptors (Lipinski definition) is 5. The largest absolute Gasteiger partial charge is 0.486 e. The Hall–Kier alpha value is -2.41. The van der Waals surface area contributed by atoms with Gasteiger partial charge in [0, 0.05) is 31.4 Å². The van der Waals surface area contributed by atoms with E-state index in [1.165, 1.54) is 0 Å². The van der Waals surface area contributed by atoms with Crippen molar-refractivity contribution in [2.75, 3.05) is 13.1 Å². The first kappa shape index (κ1) is 19.9. The molecule has 7 nitrogen and oxygen atoms in total. The minimum absolute atomic E-state index is 0.216. The third-order valence-electron chi connectivity index (χ3n) is 6.30. The molecule has 1 aliphatic carbocycles. The lowest BCUT2D eigenvalue weighted by atomic mass is 9.78. The first-order chi connectivity index (χ1) is 14.0. The van der Waals surface area contributed by atoms with Gasteiger partial charge in [-0.1, -0.05) is 0 Å². The summed E-state index contributed by atoms with van der Waals surface area (Å²) in [6.45, 7) is 5.41. The van der Waals surface area contributed by atoms with Gasteiger partial charge in [-0.25, -0.2) is 0 Å². The molecule has 1 saturated carbocycles. The number of rotatable bonds is 6. The molecule has 2 N–H and O–H groups in total. The monoisotopic (exact) mass is 398 g/mol. The number of H-pyrrole nitrogens is 1. The Morgan fingerprint density at radius 1 is 1.28 bits per heavy atom. The lowest BCUT2D eigenvalue weighted by Gasteiger charge is -2.35. The van der Waals surface area contributed by atoms with Crippen LogP contribution < -0.4 is 4.74 Å². The zero-order chi connectivity index (χ0) is 20.4. The molecule has 2 fully saturated rings. The SMILES string of the molecule is Cc1ccc(O[C@@H]2C[C@@H]3CN(C(=O)CCCc4cn[nH]c4)C[C@@H]3C[C@H]2O)c(C)n1. The van der Waals surface area contributed by atoms with Crippen molar-refractivity contribution < 1.29 is 14.6 Å². The number of aromatic amines is 1. The maximum absolute atomic E-state index is 12.6. The van der Waals surface area contributed by atoms with Crippen LogP contribution in [0.25, 0.3) is 0 Å². The van der Waals surface area contributed by atoms with Crippen LogP contribution in [0.1, 0.15) is 42.6 Å². The zero-order valence-corrected chi connectivity index (χ0v) is 17.2. The number of fused-ring (bicyclic) bond motifs is 1. The van der Waals surface area contributed by atoms with Crippen molar-refractivity contribution in [3.8, 4) is 5.75 Å². The summed E-state index contributed by atoms with van der Waals surface area (Å²) in [7, 11) is 0. The van der Waals surface area contributed by atoms with E-state index in [0.717, 1.165) is 55.1 Å². The summed E-state index contributed by atoms with van der Waals surface area (Å²) in [5.74, 6) is 1.71. The average Bonchev–Trinajstić information content (AvgIpc) is 3.33. The Balaban J connectivity index is 1.30. The molecule has 0 spiro atoms. The minimum Gasteiger partial charge on any atom is -0.486 e. The van der Waals surface area contributed by atoms with Crippen LogP contribution in [0.4, 0.5) is 0 Å². The molecule has 1 amide bonds. The number of nitrogens with zero attached hydrogens (tertiary/aromatic N) is 3. The molecular formula is C22H30N4O3. The van der Waals surface area contributed by atoms with E-state index in [1.54, 1.807) is 0 Å². The Morgan fingerprint density at radius 2 is 2.07 bits per heavy atom. The number of carbonyl (C=O) groups excluding carboxylic acids is 1. The standard InChI is InChI=1S/C22H30N4O3/c1-14-6-7-20(15(2)25-14)29-21-9-18-13-26(12-17(18)8-19(21)27)22(28)5-3-4-16-10-23-24-11-16/h6-7,10-11,17-19,21,27H,3-5,8-9,12-13H2,1-2H3,(H,23,24)/t17-,18+,19+,21+/m0/s1. The van der Waals surface area contributed by atoms with Crippen LogP contribution in [0.3, 0.4) is 0 Å². The number of ether oxygens (including phenoxy) is 1. The summed E-state index contributed by atoms with van der Waals surface area (Å²) in [5, 5.41) is 17.4. The number of pyridine rings is 1. The fourth-order valence-corrected chi connectivity index (χ4v) is 4.70. The molecule has 0 unspecified atom stereocenters. The topological polar surface area (TPSA) is 91.3 Å². The molecule has 0 aromatic carbocycles. The van der Waals surface area contributed by atoms with Gasteiger partial charge in [0.15, 0.2) is 0 Å². The van der Waals surface area contributed by atoms with Gasteiger partial charge >= 0.3 is 0 Å². The Bertz CT molecular complexity index is 839. The molecular weight excluding hydrogens is 368 g/mol. The van der Waals surface area contributed by atoms with E-state index >= 15 is 0 Å². The second kappa shape index (κ2) is 8.53. The number of likely N-dealkylation sites (tertiary alicyclic amines) is 1. The molecule has 4 atom stereocenters. The number of aliphatic hydroxyl groups excluding tert-OH is 1. The molecule has 29 heavy (non-hydrogen) atoms. The first-order valence-corrected chi connectivity index (χ1v) is 10.5. The number of carbonyl (C=O) groups is 1. The Morgan fingerprint density at radius 3 is 2.79 bits per heavy atom. The van der Waals surface area contributed by atoms with E-state index in [0.29, 0.717) is 24.7 Å². The van der Waals surface area contributed by atoms with Gasteiger partial charge in [-0.15, -0.1) is 0 Å². The van der Waals surface area contributed by atoms with Crippen molar-refractivity contribution in [3.63, 3.8) is 0 Å². The Labute approximate surface area is 171 Å². The van der Waals surface area contributed by atoms with Crippen LogP contribution >= 0.6 is 0 Å². The number of aryl methyl sites for hydroxylation is 3. The molecule has 0 radical (unpaired) electrons. The lowest BCUT2D eigenvalue weighted by Crippen LogP contribution is -2.42. The molecule has 3 heterocycles. The normalized spacial score (nSPS) is 26.4. The third-order valence-corrected chi connectivity index (χ3v) is 6.30. The van der Waals surface area contributed by atoms with Gasteiger partial charge in [-0.05, 0) is 69.1 Å². The van der Waals surface area contributed by atoms with E-state index in [1.807, 2.05) is 43.3 Å². The van der Waals surface area contributed by atoms with Crippen LogP contribution in [-0.4, -0.2) is 56.4 Å². The van der Waals surface area contributed by atoms with Crippen molar-refractivity contribution in [2.24, 2.45) is 11.8 Å². The van der Waals surface area contributed by atoms with Crippen LogP contribution in [0.5, 0.6) is 5.75 Å². The van der Waals surface area contributed by atoms with Crippen LogP contribution in [-0.2, 0) is 11.2 Å². The number of aliphatic hydroxyl groups is 1. The summed E-state index contributed by atoms with van der Waals surface area (Å²) in [4.78, 5) is 19.1. The quantitative estimate of drug-likeness (QED) is 0.780. The second-order valence-corrected chi connectivity index (χ2v) is 8.51. The number of hydrogen-bond donors (Lipinski definition) is 2. The van der Waals surface area contributed by atoms with Gasteiger partial charge < -0.3 is 14.7 Å². The highest BCUT2D eigenvalue weighted by atomic mass is 16.5. The second-order valence-electron chi connectivity index (χ2n) is 8.51. The summed E-state index contributed by atoms with van der Waals surface area (Å²) < 4.78 is 6.14. The van der Waals surface area contributed by atoms with Gasteiger partial charge in [0.2, 0.25) is 5.91 Å². The zero-order valence-electron chi connectivity index (χ0n) is 17.2. The van der Waals surface area contributed by atoms with E-state index in [4.69, 9.17) is 4.74 Å². The molecule has 7 heteroatoms. The van der Waals surface area contributed by atoms with Crippen molar-refractivity contribution in [1.29, 1.82) is 0 Å². The van der Waals surface area contributed by atoms with Gasteiger partial charge in [-0.2, -0.15) is 5.10 Å². The molecule has 2 aromatic heterocycles. The maximum atomic E-state index is 12.6. The highest BCUT2D eigenvalue weighted by molar-refractivity contribution is 5.76. The lowest BCUT2D eigenvalue weighted by molar-refractivity contribution is -0.130. The summed E-state index contributed by atoms with van der Waals surface area (Å²) in [6.07, 6.45) is 6.65. The van der Waals surface area contributed by atoms with Crippen molar-refractivity contribution in [2.45, 2.75) is 58.2 Å². The molecule has 156 valence electrons. The van der Waals surface area contributed by atoms with E-state index in [9.17, 15) is 9.90 Å². The fraction of sp³-hybridized carbons (Fsp3) is 0.591. The van der Waals surface area contributed by atoms with E-state index in [-0.39, 0.29) is 12.0 Å². The highest BCUT2D eigenvalue weighted by Crippen LogP contribution is 2.38. The van der Waals surface area contributed by atoms with Crippen molar-refractivity contribution in [3.05, 3.63) is 41.5 Å². The molecule has 1 saturated heterocycles. The van der Waals surface area contributed by atoms with Crippen LogP contribution in [0, 0.1) is 25.7 Å². The van der Waals surface area contributed by atoms with Gasteiger partial charge in [0.25, 0.3) is 0 Å². The molecule has 4 rings (SSSR count). The Kier molecular flexibility index (Phi) is 5.85. The van der Waals surface area contributed by atoms with Gasteiger partial charge in [0.1, 0.15) is 11.9 Å². The van der Waals surface area contributed by atoms with E-state index < -0.39 is 6.10 Å². The minimum atomic E-state index is -0.506. The van der Waals surface area contributed by atoms with Crippen LogP contribution in [0.15, 0.2) is 24.5 Å². The third kappa shape index (κ3) is 4.61. The van der Waals surface area contributed by atoms with Crippen molar-refractivity contribution >= 4 is 5.91 Å². The number of aromatic nitrogens is 3. The number of nitrogens with one attached hydrogen (secondary N) is 1. The molecule has 0 bridgehead atoms. The fourth-order valence-electron chi connectivity index (χ4n) is 4.70. The van der Waals surface area contributed by atoms with Gasteiger partial charge in [0.05, 0.1) is 18.0 Å². The summed E-state index contributed by atoms with van der Waals surface area (Å²) in [5.41, 5.74) is 2.94. The van der Waals surface area contributed by atoms with E-state index in [2.05, 4.69) is 15.2 Å². The molecule has 2 aromatic rings. The number of amides is 1. The van der Waals surface area contributed by atoms with Gasteiger partial charge in [-0.3, -0.25) is 14.9 Å². The highest BCUT2D eigenvalue weighted by Gasteiger charge is 2.43. The smallest absolute Gasteiger partial charge is 0.222 e. The predicted octanol–water partition coefficient (Wildman–Crippen LogP) is 2.42. The van der Waals surface area contributed by atoms with Crippen molar-refractivity contribution in [1.82, 2.24) is 20.1 Å². The first-order valence-electron chi connectivity index (χ1n) is 10.5. The van der Waals surface area contributed by atoms with Crippen LogP contribution in [0.2, 0.25) is 0 Å². The summed E-state index contributed by atoms with van der Waals surface area (Å²) in [6, 6.07) is 3.86. The summed E-state index contributed by atoms with van der Waals surface area (Å²) >= 11 is 0.